The molecule has 48 valence electrons. The number of nitrogens with two attached hydrogens (primary N) is 1. The van der Waals surface area contributed by atoms with Crippen molar-refractivity contribution in [2.24, 2.45) is 5.73 Å². The molecule has 0 aliphatic heterocycles. The van der Waals surface area contributed by atoms with Gasteiger partial charge >= 0.3 is 0 Å². The maximum Gasteiger partial charge on any atom is 0.184 e. The van der Waals surface area contributed by atoms with Crippen molar-refractivity contribution < 1.29 is 0 Å². The minimum atomic E-state index is 0.290. The molecule has 0 aliphatic carbocycles. The van der Waals surface area contributed by atoms with Crippen molar-refractivity contribution in [3.8, 4) is 0 Å². The molecule has 1 aromatic heterocycles. The van der Waals surface area contributed by atoms with Crippen LogP contribution in [0.5, 0.6) is 0 Å². The number of nitrogens with zero attached hydrogens (tertiary/aromatic N) is 1. The van der Waals surface area contributed by atoms with Crippen LogP contribution in [0.25, 0.3) is 0 Å². The number of halogens is 1. The molecule has 0 bridgehead atoms. The van der Waals surface area contributed by atoms with Crippen LogP contribution >= 0.6 is 35.2 Å². The van der Waals surface area contributed by atoms with Gasteiger partial charge in [0.2, 0.25) is 0 Å². The van der Waals surface area contributed by atoms with Crippen LogP contribution in [0, 0.1) is 0 Å². The molecule has 0 saturated carbocycles. The minimum Gasteiger partial charge on any atom is -0.388 e. The molecule has 5 heteroatoms. The van der Waals surface area contributed by atoms with Crippen molar-refractivity contribution in [2.45, 2.75) is 0 Å². The summed E-state index contributed by atoms with van der Waals surface area (Å²) in [5.74, 6) is 0. The molecular weight excluding hydrogens is 176 g/mol. The van der Waals surface area contributed by atoms with Crippen LogP contribution < -0.4 is 5.73 Å². The number of thiazole rings is 1. The third-order valence-corrected chi connectivity index (χ3v) is 1.92. The Kier molecular flexibility index (Phi) is 2.00. The van der Waals surface area contributed by atoms with Crippen LogP contribution in [0.2, 0.25) is 4.47 Å². The van der Waals surface area contributed by atoms with Gasteiger partial charge < -0.3 is 5.73 Å². The molecule has 9 heavy (non-hydrogen) atoms. The number of hydrogen-bond acceptors (Lipinski definition) is 3. The molecule has 0 fully saturated rings. The third kappa shape index (κ3) is 1.61. The van der Waals surface area contributed by atoms with E-state index in [1.807, 2.05) is 0 Å². The Morgan fingerprint density at radius 2 is 2.56 bits per heavy atom. The zero-order valence-electron chi connectivity index (χ0n) is 4.30. The van der Waals surface area contributed by atoms with Gasteiger partial charge in [-0.25, -0.2) is 4.98 Å². The highest BCUT2D eigenvalue weighted by Gasteiger charge is 1.99. The molecule has 1 heterocycles. The van der Waals surface area contributed by atoms with E-state index in [9.17, 15) is 0 Å². The van der Waals surface area contributed by atoms with Gasteiger partial charge in [-0.1, -0.05) is 23.8 Å². The smallest absolute Gasteiger partial charge is 0.184 e. The van der Waals surface area contributed by atoms with Gasteiger partial charge in [0, 0.05) is 5.38 Å². The van der Waals surface area contributed by atoms with Gasteiger partial charge in [0.1, 0.15) is 10.7 Å². The topological polar surface area (TPSA) is 38.9 Å². The Morgan fingerprint density at radius 1 is 1.89 bits per heavy atom. The lowest BCUT2D eigenvalue weighted by molar-refractivity contribution is 1.38. The van der Waals surface area contributed by atoms with E-state index >= 15 is 0 Å². The highest BCUT2D eigenvalue weighted by molar-refractivity contribution is 7.80. The number of thiocarbonyl (C=S) groups is 1. The van der Waals surface area contributed by atoms with Gasteiger partial charge in [-0.05, 0) is 0 Å². The fraction of sp³-hybridized carbons (Fsp3) is 0. The first kappa shape index (κ1) is 6.92. The molecule has 2 N–H and O–H groups in total. The standard InChI is InChI=1S/C4H3ClN2S2/c5-4-7-2(1-9-4)3(6)8/h1H,(H2,6,8). The van der Waals surface area contributed by atoms with Crippen molar-refractivity contribution >= 4 is 40.1 Å². The number of aromatic nitrogens is 1. The van der Waals surface area contributed by atoms with E-state index in [2.05, 4.69) is 17.2 Å². The van der Waals surface area contributed by atoms with Gasteiger partial charge in [0.25, 0.3) is 0 Å². The van der Waals surface area contributed by atoms with E-state index in [4.69, 9.17) is 17.3 Å². The highest BCUT2D eigenvalue weighted by Crippen LogP contribution is 2.14. The molecule has 1 aromatic rings. The monoisotopic (exact) mass is 178 g/mol. The quantitative estimate of drug-likeness (QED) is 0.662. The molecule has 0 aromatic carbocycles. The maximum absolute atomic E-state index is 5.50. The maximum atomic E-state index is 5.50. The van der Waals surface area contributed by atoms with Crippen molar-refractivity contribution in [1.82, 2.24) is 4.98 Å². The van der Waals surface area contributed by atoms with Crippen LogP contribution in [0.1, 0.15) is 5.69 Å². The summed E-state index contributed by atoms with van der Waals surface area (Å²) in [5.41, 5.74) is 5.84. The second-order valence-corrected chi connectivity index (χ2v) is 3.23. The summed E-state index contributed by atoms with van der Waals surface area (Å²) in [6.07, 6.45) is 0. The molecular formula is C4H3ClN2S2. The van der Waals surface area contributed by atoms with Gasteiger partial charge in [0.05, 0.1) is 0 Å². The van der Waals surface area contributed by atoms with Crippen LogP contribution in [0.4, 0.5) is 0 Å². The molecule has 0 amide bonds. The molecule has 0 saturated heterocycles. The van der Waals surface area contributed by atoms with Crippen molar-refractivity contribution in [2.75, 3.05) is 0 Å². The molecule has 0 aliphatic rings. The highest BCUT2D eigenvalue weighted by atomic mass is 35.5. The van der Waals surface area contributed by atoms with E-state index in [0.29, 0.717) is 10.2 Å². The van der Waals surface area contributed by atoms with Gasteiger partial charge in [-0.3, -0.25) is 0 Å². The third-order valence-electron chi connectivity index (χ3n) is 0.729. The van der Waals surface area contributed by atoms with Gasteiger partial charge in [0.15, 0.2) is 4.47 Å². The Labute approximate surface area is 66.7 Å². The second-order valence-electron chi connectivity index (χ2n) is 1.35. The summed E-state index contributed by atoms with van der Waals surface area (Å²) in [5, 5.41) is 1.73. The summed E-state index contributed by atoms with van der Waals surface area (Å²) >= 11 is 11.5. The largest absolute Gasteiger partial charge is 0.388 e. The first-order chi connectivity index (χ1) is 4.20. The number of rotatable bonds is 1. The van der Waals surface area contributed by atoms with Crippen molar-refractivity contribution in [1.29, 1.82) is 0 Å². The second kappa shape index (κ2) is 2.60. The first-order valence-corrected chi connectivity index (χ1v) is 3.77. The Morgan fingerprint density at radius 3 is 2.78 bits per heavy atom. The number of hydrogen-bond donors (Lipinski definition) is 1. The summed E-state index contributed by atoms with van der Waals surface area (Å²) < 4.78 is 0.470. The van der Waals surface area contributed by atoms with E-state index in [-0.39, 0.29) is 4.99 Å². The molecule has 0 radical (unpaired) electrons. The summed E-state index contributed by atoms with van der Waals surface area (Å²) in [7, 11) is 0. The molecule has 2 nitrogen and oxygen atoms in total. The normalized spacial score (nSPS) is 9.44. The average molecular weight is 179 g/mol. The van der Waals surface area contributed by atoms with Crippen LogP contribution in [0.15, 0.2) is 5.38 Å². The summed E-state index contributed by atoms with van der Waals surface area (Å²) in [4.78, 5) is 4.12. The summed E-state index contributed by atoms with van der Waals surface area (Å²) in [6, 6.07) is 0. The fourth-order valence-corrected chi connectivity index (χ4v) is 1.31. The predicted molar refractivity (Wildman–Crippen MR) is 43.0 cm³/mol. The molecule has 0 unspecified atom stereocenters. The Bertz CT molecular complexity index is 232. The van der Waals surface area contributed by atoms with Gasteiger partial charge in [-0.2, -0.15) is 0 Å². The van der Waals surface area contributed by atoms with E-state index in [1.54, 1.807) is 5.38 Å². The van der Waals surface area contributed by atoms with Crippen molar-refractivity contribution in [3.05, 3.63) is 15.5 Å². The fourth-order valence-electron chi connectivity index (χ4n) is 0.365. The van der Waals surface area contributed by atoms with Crippen LogP contribution in [-0.4, -0.2) is 9.97 Å². The summed E-state index contributed by atoms with van der Waals surface area (Å²) in [6.45, 7) is 0. The SMILES string of the molecule is NC(=S)c1csc(Cl)n1. The van der Waals surface area contributed by atoms with Crippen molar-refractivity contribution in [3.63, 3.8) is 0 Å². The van der Waals surface area contributed by atoms with E-state index in [0.717, 1.165) is 0 Å². The predicted octanol–water partition coefficient (Wildman–Crippen LogP) is 1.43. The lowest BCUT2D eigenvalue weighted by atomic mass is 10.5. The first-order valence-electron chi connectivity index (χ1n) is 2.11. The van der Waals surface area contributed by atoms with Crippen LogP contribution in [-0.2, 0) is 0 Å². The van der Waals surface area contributed by atoms with E-state index in [1.165, 1.54) is 11.3 Å². The Balaban J connectivity index is 2.98. The average Bonchev–Trinajstić information content (AvgIpc) is 2.14. The van der Waals surface area contributed by atoms with Gasteiger partial charge in [-0.15, -0.1) is 11.3 Å². The zero-order chi connectivity index (χ0) is 6.85. The minimum absolute atomic E-state index is 0.290. The Hall–Kier alpha value is -0.190. The lowest BCUT2D eigenvalue weighted by Crippen LogP contribution is -2.09. The molecule has 0 spiro atoms. The van der Waals surface area contributed by atoms with Crippen LogP contribution in [0.3, 0.4) is 0 Å². The lowest BCUT2D eigenvalue weighted by Gasteiger charge is -1.84. The molecule has 1 rings (SSSR count). The molecule has 0 atom stereocenters. The van der Waals surface area contributed by atoms with E-state index < -0.39 is 0 Å². The zero-order valence-corrected chi connectivity index (χ0v) is 6.69.